The minimum absolute atomic E-state index is 0.362. The Morgan fingerprint density at radius 3 is 2.23 bits per heavy atom. The van der Waals surface area contributed by atoms with E-state index in [2.05, 4.69) is 13.0 Å². The first-order valence-electron chi connectivity index (χ1n) is 7.22. The average molecular weight is 291 g/mol. The van der Waals surface area contributed by atoms with Gasteiger partial charge in [0, 0.05) is 6.08 Å². The molecule has 0 atom stereocenters. The second-order valence-corrected chi connectivity index (χ2v) is 4.83. The van der Waals surface area contributed by atoms with E-state index >= 15 is 0 Å². The minimum Gasteiger partial charge on any atom is -0.423 e. The first kappa shape index (κ1) is 15.5. The van der Waals surface area contributed by atoms with Crippen LogP contribution in [-0.2, 0) is 4.79 Å². The van der Waals surface area contributed by atoms with E-state index in [1.54, 1.807) is 24.3 Å². The number of carbonyl (C=O) groups excluding carboxylic acids is 1. The monoisotopic (exact) mass is 291 g/mol. The Bertz CT molecular complexity index is 692. The molecule has 0 saturated carbocycles. The van der Waals surface area contributed by atoms with Gasteiger partial charge in [0.25, 0.3) is 0 Å². The highest BCUT2D eigenvalue weighted by atomic mass is 16.5. The van der Waals surface area contributed by atoms with E-state index < -0.39 is 0 Å². The highest BCUT2D eigenvalue weighted by molar-refractivity contribution is 5.84. The Kier molecular flexibility index (Phi) is 5.50. The number of allylic oxidation sites excluding steroid dienone is 1. The van der Waals surface area contributed by atoms with E-state index in [1.165, 1.54) is 6.08 Å². The van der Waals surface area contributed by atoms with Crippen molar-refractivity contribution in [2.24, 2.45) is 0 Å². The molecule has 0 heterocycles. The summed E-state index contributed by atoms with van der Waals surface area (Å²) >= 11 is 0. The van der Waals surface area contributed by atoms with Crippen molar-refractivity contribution in [2.45, 2.75) is 19.8 Å². The second-order valence-electron chi connectivity index (χ2n) is 4.83. The second kappa shape index (κ2) is 7.80. The van der Waals surface area contributed by atoms with Gasteiger partial charge in [-0.2, -0.15) is 5.26 Å². The lowest BCUT2D eigenvalue weighted by Gasteiger charge is -2.04. The van der Waals surface area contributed by atoms with E-state index in [-0.39, 0.29) is 5.97 Å². The summed E-state index contributed by atoms with van der Waals surface area (Å²) in [5.74, 6) is 0.156. The molecule has 3 nitrogen and oxygen atoms in total. The Morgan fingerprint density at radius 2 is 1.68 bits per heavy atom. The van der Waals surface area contributed by atoms with Gasteiger partial charge in [0.2, 0.25) is 0 Å². The molecular weight excluding hydrogens is 274 g/mol. The number of ether oxygens (including phenoxy) is 1. The summed E-state index contributed by atoms with van der Waals surface area (Å²) in [6.07, 6.45) is 5.14. The fraction of sp³-hybridized carbons (Fsp3) is 0.158. The maximum atomic E-state index is 11.6. The van der Waals surface area contributed by atoms with Gasteiger partial charge in [-0.05, 0) is 41.8 Å². The number of carbonyl (C=O) groups is 1. The molecule has 0 fully saturated rings. The van der Waals surface area contributed by atoms with E-state index in [4.69, 9.17) is 10.00 Å². The fourth-order valence-electron chi connectivity index (χ4n) is 1.95. The van der Waals surface area contributed by atoms with Gasteiger partial charge in [-0.3, -0.25) is 0 Å². The van der Waals surface area contributed by atoms with E-state index in [9.17, 15) is 4.79 Å². The minimum atomic E-state index is -0.362. The van der Waals surface area contributed by atoms with Crippen LogP contribution in [0.4, 0.5) is 0 Å². The van der Waals surface area contributed by atoms with Crippen molar-refractivity contribution in [3.63, 3.8) is 0 Å². The molecule has 0 unspecified atom stereocenters. The molecule has 0 spiro atoms. The van der Waals surface area contributed by atoms with Crippen LogP contribution in [0, 0.1) is 11.3 Å². The molecule has 0 amide bonds. The van der Waals surface area contributed by atoms with Crippen LogP contribution < -0.4 is 4.74 Å². The number of nitriles is 1. The summed E-state index contributed by atoms with van der Waals surface area (Å²) in [7, 11) is 0. The maximum Gasteiger partial charge on any atom is 0.335 e. The Labute approximate surface area is 130 Å². The molecule has 0 aromatic heterocycles. The van der Waals surface area contributed by atoms with Gasteiger partial charge in [-0.15, -0.1) is 0 Å². The molecule has 2 aromatic carbocycles. The molecule has 3 heteroatoms. The maximum absolute atomic E-state index is 11.6. The summed E-state index contributed by atoms with van der Waals surface area (Å²) in [6, 6.07) is 16.7. The summed E-state index contributed by atoms with van der Waals surface area (Å²) in [6.45, 7) is 2.05. The summed E-state index contributed by atoms with van der Waals surface area (Å²) < 4.78 is 5.22. The van der Waals surface area contributed by atoms with Gasteiger partial charge in [0.05, 0.1) is 11.6 Å². The molecule has 0 N–H and O–H groups in total. The molecule has 0 aliphatic rings. The van der Waals surface area contributed by atoms with Gasteiger partial charge < -0.3 is 4.74 Å². The van der Waals surface area contributed by atoms with Gasteiger partial charge in [-0.1, -0.05) is 43.7 Å². The van der Waals surface area contributed by atoms with E-state index in [0.717, 1.165) is 24.0 Å². The van der Waals surface area contributed by atoms with Crippen LogP contribution in [-0.4, -0.2) is 5.97 Å². The molecule has 2 rings (SSSR count). The third-order valence-corrected chi connectivity index (χ3v) is 3.13. The first-order chi connectivity index (χ1) is 10.7. The standard InChI is InChI=1S/C19H17NO2/c1-2-3-4-5-19(21)22-18-12-10-17(11-13-18)16-8-6-15(14-20)7-9-16/h4-13H,2-3H2,1H3/b5-4+. The smallest absolute Gasteiger partial charge is 0.335 e. The van der Waals surface area contributed by atoms with Crippen LogP contribution in [0.2, 0.25) is 0 Å². The zero-order valence-corrected chi connectivity index (χ0v) is 12.5. The Hall–Kier alpha value is -2.86. The molecule has 0 aliphatic heterocycles. The number of nitrogens with zero attached hydrogens (tertiary/aromatic N) is 1. The molecule has 0 radical (unpaired) electrons. The van der Waals surface area contributed by atoms with Crippen LogP contribution in [0.25, 0.3) is 11.1 Å². The Balaban J connectivity index is 2.03. The predicted octanol–water partition coefficient (Wildman–Crippen LogP) is 4.49. The van der Waals surface area contributed by atoms with E-state index in [1.807, 2.05) is 30.3 Å². The number of benzene rings is 2. The normalized spacial score (nSPS) is 10.4. The van der Waals surface area contributed by atoms with Gasteiger partial charge >= 0.3 is 5.97 Å². The van der Waals surface area contributed by atoms with Crippen molar-refractivity contribution in [3.05, 3.63) is 66.2 Å². The number of esters is 1. The lowest BCUT2D eigenvalue weighted by atomic mass is 10.0. The lowest BCUT2D eigenvalue weighted by Crippen LogP contribution is -2.03. The molecule has 22 heavy (non-hydrogen) atoms. The molecule has 110 valence electrons. The molecular formula is C19H17NO2. The fourth-order valence-corrected chi connectivity index (χ4v) is 1.95. The highest BCUT2D eigenvalue weighted by Crippen LogP contribution is 2.22. The molecule has 0 aliphatic carbocycles. The topological polar surface area (TPSA) is 50.1 Å². The summed E-state index contributed by atoms with van der Waals surface area (Å²) in [5, 5.41) is 8.79. The zero-order chi connectivity index (χ0) is 15.8. The number of unbranched alkanes of at least 4 members (excludes halogenated alkanes) is 1. The largest absolute Gasteiger partial charge is 0.423 e. The predicted molar refractivity (Wildman–Crippen MR) is 86.3 cm³/mol. The van der Waals surface area contributed by atoms with Gasteiger partial charge in [0.15, 0.2) is 0 Å². The van der Waals surface area contributed by atoms with Crippen LogP contribution >= 0.6 is 0 Å². The number of hydrogen-bond acceptors (Lipinski definition) is 3. The van der Waals surface area contributed by atoms with Crippen LogP contribution in [0.3, 0.4) is 0 Å². The van der Waals surface area contributed by atoms with E-state index in [0.29, 0.717) is 11.3 Å². The zero-order valence-electron chi connectivity index (χ0n) is 12.5. The van der Waals surface area contributed by atoms with Gasteiger partial charge in [-0.25, -0.2) is 4.79 Å². The lowest BCUT2D eigenvalue weighted by molar-refractivity contribution is -0.129. The SMILES string of the molecule is CCC/C=C/C(=O)Oc1ccc(-c2ccc(C#N)cc2)cc1. The van der Waals surface area contributed by atoms with Crippen molar-refractivity contribution >= 4 is 5.97 Å². The third kappa shape index (κ3) is 4.32. The quantitative estimate of drug-likeness (QED) is 0.463. The molecule has 0 saturated heterocycles. The van der Waals surface area contributed by atoms with Crippen molar-refractivity contribution in [2.75, 3.05) is 0 Å². The van der Waals surface area contributed by atoms with Crippen LogP contribution in [0.15, 0.2) is 60.7 Å². The van der Waals surface area contributed by atoms with Crippen molar-refractivity contribution in [1.29, 1.82) is 5.26 Å². The first-order valence-corrected chi connectivity index (χ1v) is 7.22. The van der Waals surface area contributed by atoms with Crippen molar-refractivity contribution < 1.29 is 9.53 Å². The van der Waals surface area contributed by atoms with Gasteiger partial charge in [0.1, 0.15) is 5.75 Å². The average Bonchev–Trinajstić information content (AvgIpc) is 2.56. The van der Waals surface area contributed by atoms with Crippen LogP contribution in [0.1, 0.15) is 25.3 Å². The summed E-state index contributed by atoms with van der Waals surface area (Å²) in [4.78, 5) is 11.6. The molecule has 2 aromatic rings. The number of hydrogen-bond donors (Lipinski definition) is 0. The molecule has 0 bridgehead atoms. The Morgan fingerprint density at radius 1 is 1.09 bits per heavy atom. The van der Waals surface area contributed by atoms with Crippen LogP contribution in [0.5, 0.6) is 5.75 Å². The highest BCUT2D eigenvalue weighted by Gasteiger charge is 2.02. The summed E-state index contributed by atoms with van der Waals surface area (Å²) in [5.41, 5.74) is 2.65. The third-order valence-electron chi connectivity index (χ3n) is 3.13. The van der Waals surface area contributed by atoms with Crippen molar-refractivity contribution in [3.8, 4) is 22.9 Å². The van der Waals surface area contributed by atoms with Crippen molar-refractivity contribution in [1.82, 2.24) is 0 Å². The number of rotatable bonds is 5.